The highest BCUT2D eigenvalue weighted by molar-refractivity contribution is 5.24. The predicted octanol–water partition coefficient (Wildman–Crippen LogP) is 0.784. The maximum atomic E-state index is 5.54. The second-order valence-corrected chi connectivity index (χ2v) is 3.57. The molecule has 0 aliphatic rings. The van der Waals surface area contributed by atoms with E-state index in [-0.39, 0.29) is 0 Å². The highest BCUT2D eigenvalue weighted by Crippen LogP contribution is 2.10. The van der Waals surface area contributed by atoms with Gasteiger partial charge in [0.25, 0.3) is 0 Å². The molecule has 4 heteroatoms. The van der Waals surface area contributed by atoms with Crippen molar-refractivity contribution in [3.8, 4) is 0 Å². The van der Waals surface area contributed by atoms with E-state index in [0.29, 0.717) is 13.2 Å². The van der Waals surface area contributed by atoms with Gasteiger partial charge in [-0.25, -0.2) is 9.97 Å². The van der Waals surface area contributed by atoms with Crippen LogP contribution in [0.4, 0.5) is 0 Å². The van der Waals surface area contributed by atoms with E-state index in [1.807, 2.05) is 13.8 Å². The first-order chi connectivity index (χ1) is 7.19. The van der Waals surface area contributed by atoms with Crippen molar-refractivity contribution in [2.24, 2.45) is 5.73 Å². The minimum atomic E-state index is 0.641. The largest absolute Gasteiger partial charge is 0.384 e. The van der Waals surface area contributed by atoms with Gasteiger partial charge in [-0.2, -0.15) is 0 Å². The smallest absolute Gasteiger partial charge is 0.131 e. The fraction of sp³-hybridized carbons (Fsp3) is 0.636. The minimum absolute atomic E-state index is 0.641. The fourth-order valence-corrected chi connectivity index (χ4v) is 1.62. The molecule has 1 rings (SSSR count). The first-order valence-electron chi connectivity index (χ1n) is 5.21. The van der Waals surface area contributed by atoms with Crippen LogP contribution < -0.4 is 5.73 Å². The SMILES string of the molecule is COCCc1nc(C)c(CCN)c(C)n1. The summed E-state index contributed by atoms with van der Waals surface area (Å²) in [6.45, 7) is 5.32. The minimum Gasteiger partial charge on any atom is -0.384 e. The molecule has 0 radical (unpaired) electrons. The average Bonchev–Trinajstić information content (AvgIpc) is 2.20. The number of hydrogen-bond acceptors (Lipinski definition) is 4. The molecule has 84 valence electrons. The molecule has 0 spiro atoms. The Morgan fingerprint density at radius 2 is 1.73 bits per heavy atom. The van der Waals surface area contributed by atoms with Gasteiger partial charge in [-0.05, 0) is 32.4 Å². The molecule has 0 aliphatic heterocycles. The van der Waals surface area contributed by atoms with Gasteiger partial charge in [-0.3, -0.25) is 0 Å². The van der Waals surface area contributed by atoms with E-state index in [1.54, 1.807) is 7.11 Å². The summed E-state index contributed by atoms with van der Waals surface area (Å²) in [5.74, 6) is 0.854. The molecule has 0 amide bonds. The molecule has 0 atom stereocenters. The molecule has 0 aromatic carbocycles. The van der Waals surface area contributed by atoms with Gasteiger partial charge in [0.05, 0.1) is 6.61 Å². The Hall–Kier alpha value is -1.00. The van der Waals surface area contributed by atoms with Crippen LogP contribution in [0, 0.1) is 13.8 Å². The van der Waals surface area contributed by atoms with Crippen molar-refractivity contribution in [1.29, 1.82) is 0 Å². The first-order valence-corrected chi connectivity index (χ1v) is 5.21. The van der Waals surface area contributed by atoms with Crippen LogP contribution in [0.15, 0.2) is 0 Å². The van der Waals surface area contributed by atoms with Gasteiger partial charge in [-0.1, -0.05) is 0 Å². The maximum absolute atomic E-state index is 5.54. The highest BCUT2D eigenvalue weighted by Gasteiger charge is 2.07. The van der Waals surface area contributed by atoms with Crippen LogP contribution in [0.5, 0.6) is 0 Å². The summed E-state index contributed by atoms with van der Waals surface area (Å²) in [5.41, 5.74) is 8.80. The molecule has 1 heterocycles. The lowest BCUT2D eigenvalue weighted by Crippen LogP contribution is -2.11. The summed E-state index contributed by atoms with van der Waals surface area (Å²) in [4.78, 5) is 8.89. The van der Waals surface area contributed by atoms with Crippen molar-refractivity contribution < 1.29 is 4.74 Å². The van der Waals surface area contributed by atoms with Crippen LogP contribution in [-0.4, -0.2) is 30.2 Å². The molecular formula is C11H19N3O. The number of hydrogen-bond donors (Lipinski definition) is 1. The van der Waals surface area contributed by atoms with Crippen molar-refractivity contribution in [3.05, 3.63) is 22.8 Å². The van der Waals surface area contributed by atoms with Crippen molar-refractivity contribution in [2.45, 2.75) is 26.7 Å². The van der Waals surface area contributed by atoms with E-state index in [0.717, 1.165) is 30.1 Å². The number of rotatable bonds is 5. The summed E-state index contributed by atoms with van der Waals surface area (Å²) in [5, 5.41) is 0. The third-order valence-corrected chi connectivity index (χ3v) is 2.39. The van der Waals surface area contributed by atoms with Crippen LogP contribution in [-0.2, 0) is 17.6 Å². The third-order valence-electron chi connectivity index (χ3n) is 2.39. The summed E-state index contributed by atoms with van der Waals surface area (Å²) < 4.78 is 5.00. The molecule has 0 saturated carbocycles. The lowest BCUT2D eigenvalue weighted by atomic mass is 10.1. The number of nitrogens with zero attached hydrogens (tertiary/aromatic N) is 2. The zero-order valence-electron chi connectivity index (χ0n) is 9.71. The van der Waals surface area contributed by atoms with Gasteiger partial charge in [-0.15, -0.1) is 0 Å². The monoisotopic (exact) mass is 209 g/mol. The second kappa shape index (κ2) is 5.78. The summed E-state index contributed by atoms with van der Waals surface area (Å²) in [6.07, 6.45) is 1.61. The van der Waals surface area contributed by atoms with Gasteiger partial charge in [0, 0.05) is 24.9 Å². The topological polar surface area (TPSA) is 61.0 Å². The van der Waals surface area contributed by atoms with Crippen LogP contribution in [0.2, 0.25) is 0 Å². The Morgan fingerprint density at radius 3 is 2.20 bits per heavy atom. The van der Waals surface area contributed by atoms with Gasteiger partial charge in [0.15, 0.2) is 0 Å². The molecule has 15 heavy (non-hydrogen) atoms. The van der Waals surface area contributed by atoms with E-state index in [9.17, 15) is 0 Å². The van der Waals surface area contributed by atoms with Gasteiger partial charge >= 0.3 is 0 Å². The number of nitrogens with two attached hydrogens (primary N) is 1. The summed E-state index contributed by atoms with van der Waals surface area (Å²) >= 11 is 0. The fourth-order valence-electron chi connectivity index (χ4n) is 1.62. The van der Waals surface area contributed by atoms with Crippen molar-refractivity contribution in [1.82, 2.24) is 9.97 Å². The summed E-state index contributed by atoms with van der Waals surface area (Å²) in [7, 11) is 1.68. The molecule has 4 nitrogen and oxygen atoms in total. The second-order valence-electron chi connectivity index (χ2n) is 3.57. The lowest BCUT2D eigenvalue weighted by molar-refractivity contribution is 0.200. The molecule has 1 aromatic rings. The van der Waals surface area contributed by atoms with Crippen LogP contribution in [0.3, 0.4) is 0 Å². The number of aryl methyl sites for hydroxylation is 2. The predicted molar refractivity (Wildman–Crippen MR) is 59.8 cm³/mol. The van der Waals surface area contributed by atoms with Gasteiger partial charge in [0.2, 0.25) is 0 Å². The Balaban J connectivity index is 2.87. The molecule has 0 bridgehead atoms. The summed E-state index contributed by atoms with van der Waals surface area (Å²) in [6, 6.07) is 0. The molecular weight excluding hydrogens is 190 g/mol. The Morgan fingerprint density at radius 1 is 1.13 bits per heavy atom. The first kappa shape index (κ1) is 12.1. The van der Waals surface area contributed by atoms with E-state index in [2.05, 4.69) is 9.97 Å². The van der Waals surface area contributed by atoms with E-state index < -0.39 is 0 Å². The third kappa shape index (κ3) is 3.25. The average molecular weight is 209 g/mol. The van der Waals surface area contributed by atoms with E-state index in [1.165, 1.54) is 5.56 Å². The zero-order valence-corrected chi connectivity index (χ0v) is 9.71. The van der Waals surface area contributed by atoms with E-state index in [4.69, 9.17) is 10.5 Å². The van der Waals surface area contributed by atoms with Gasteiger partial charge in [0.1, 0.15) is 5.82 Å². The Kier molecular flexibility index (Phi) is 4.65. The van der Waals surface area contributed by atoms with Crippen LogP contribution in [0.25, 0.3) is 0 Å². The molecule has 0 fully saturated rings. The number of aromatic nitrogens is 2. The lowest BCUT2D eigenvalue weighted by Gasteiger charge is -2.09. The standard InChI is InChI=1S/C11H19N3O/c1-8-10(4-6-12)9(2)14-11(13-8)5-7-15-3/h4-7,12H2,1-3H3. The van der Waals surface area contributed by atoms with Crippen LogP contribution >= 0.6 is 0 Å². The molecule has 0 saturated heterocycles. The van der Waals surface area contributed by atoms with Crippen molar-refractivity contribution in [2.75, 3.05) is 20.3 Å². The Bertz CT molecular complexity index is 303. The quantitative estimate of drug-likeness (QED) is 0.778. The van der Waals surface area contributed by atoms with Crippen LogP contribution in [0.1, 0.15) is 22.8 Å². The van der Waals surface area contributed by atoms with Crippen molar-refractivity contribution in [3.63, 3.8) is 0 Å². The highest BCUT2D eigenvalue weighted by atomic mass is 16.5. The normalized spacial score (nSPS) is 10.7. The maximum Gasteiger partial charge on any atom is 0.131 e. The van der Waals surface area contributed by atoms with Gasteiger partial charge < -0.3 is 10.5 Å². The molecule has 2 N–H and O–H groups in total. The zero-order chi connectivity index (χ0) is 11.3. The number of methoxy groups -OCH3 is 1. The van der Waals surface area contributed by atoms with Crippen molar-refractivity contribution >= 4 is 0 Å². The molecule has 1 aromatic heterocycles. The Labute approximate surface area is 90.9 Å². The molecule has 0 unspecified atom stereocenters. The van der Waals surface area contributed by atoms with E-state index >= 15 is 0 Å². The number of ether oxygens (including phenoxy) is 1. The molecule has 0 aliphatic carbocycles.